The van der Waals surface area contributed by atoms with E-state index in [-0.39, 0.29) is 4.90 Å². The number of rotatable bonds is 7. The minimum Gasteiger partial charge on any atom is -0.385 e. The fraction of sp³-hybridized carbons (Fsp3) is 0.333. The second-order valence-corrected chi connectivity index (χ2v) is 6.19. The summed E-state index contributed by atoms with van der Waals surface area (Å²) in [5.74, 6) is -3.40. The Kier molecular flexibility index (Phi) is 4.84. The molecule has 0 unspecified atom stereocenters. The molecule has 0 spiro atoms. The molecule has 0 fully saturated rings. The fourth-order valence-electron chi connectivity index (χ4n) is 1.69. The van der Waals surface area contributed by atoms with Crippen LogP contribution < -0.4 is 5.32 Å². The van der Waals surface area contributed by atoms with Crippen molar-refractivity contribution in [1.29, 1.82) is 0 Å². The topological polar surface area (TPSA) is 76.9 Å². The minimum absolute atomic E-state index is 0.384. The maximum absolute atomic E-state index is 12.4. The van der Waals surface area contributed by atoms with Crippen molar-refractivity contribution in [1.82, 2.24) is 15.0 Å². The lowest BCUT2D eigenvalue weighted by Crippen LogP contribution is -2.11. The number of anilines is 1. The normalized spacial score (nSPS) is 11.8. The smallest absolute Gasteiger partial charge is 0.341 e. The van der Waals surface area contributed by atoms with Crippen molar-refractivity contribution in [3.8, 4) is 0 Å². The summed E-state index contributed by atoms with van der Waals surface area (Å²) in [6.45, 7) is 1.34. The Hall–Kier alpha value is -2.03. The first-order valence-electron chi connectivity index (χ1n) is 6.20. The largest absolute Gasteiger partial charge is 0.385 e. The molecule has 2 rings (SSSR count). The Morgan fingerprint density at radius 2 is 1.95 bits per heavy atom. The van der Waals surface area contributed by atoms with Gasteiger partial charge in [-0.25, -0.2) is 8.42 Å². The molecule has 6 nitrogen and oxygen atoms in total. The molecule has 0 radical (unpaired) electrons. The van der Waals surface area contributed by atoms with E-state index in [4.69, 9.17) is 0 Å². The van der Waals surface area contributed by atoms with Gasteiger partial charge in [0.2, 0.25) is 9.84 Å². The number of hydrogen-bond acceptors (Lipinski definition) is 5. The number of nitrogens with one attached hydrogen (secondary N) is 1. The van der Waals surface area contributed by atoms with Crippen LogP contribution in [0.4, 0.5) is 14.5 Å². The number of sulfone groups is 1. The molecular formula is C12H14F2N4O2S. The molecule has 0 saturated heterocycles. The lowest BCUT2D eigenvalue weighted by molar-refractivity contribution is 0.234. The van der Waals surface area contributed by atoms with Gasteiger partial charge in [0.1, 0.15) is 0 Å². The van der Waals surface area contributed by atoms with Crippen molar-refractivity contribution >= 4 is 15.5 Å². The highest BCUT2D eigenvalue weighted by molar-refractivity contribution is 7.91. The zero-order chi connectivity index (χ0) is 15.3. The molecule has 21 heavy (non-hydrogen) atoms. The molecule has 0 aliphatic carbocycles. The zero-order valence-electron chi connectivity index (χ0n) is 11.0. The third-order valence-electron chi connectivity index (χ3n) is 2.78. The van der Waals surface area contributed by atoms with Gasteiger partial charge in [0.05, 0.1) is 11.1 Å². The Morgan fingerprint density at radius 3 is 2.52 bits per heavy atom. The maximum Gasteiger partial charge on any atom is 0.341 e. The molecule has 2 aromatic rings. The second-order valence-electron chi connectivity index (χ2n) is 4.28. The van der Waals surface area contributed by atoms with Crippen LogP contribution in [0, 0.1) is 0 Å². The summed E-state index contributed by atoms with van der Waals surface area (Å²) in [4.78, 5) is -0.384. The van der Waals surface area contributed by atoms with E-state index in [1.807, 2.05) is 0 Å². The van der Waals surface area contributed by atoms with Crippen molar-refractivity contribution in [2.45, 2.75) is 23.6 Å². The first-order valence-corrected chi connectivity index (χ1v) is 7.75. The van der Waals surface area contributed by atoms with Crippen LogP contribution in [-0.2, 0) is 16.4 Å². The number of nitrogens with zero attached hydrogens (tertiary/aromatic N) is 3. The predicted octanol–water partition coefficient (Wildman–Crippen LogP) is 1.78. The van der Waals surface area contributed by atoms with Gasteiger partial charge in [-0.3, -0.25) is 4.68 Å². The molecular weight excluding hydrogens is 302 g/mol. The Labute approximate surface area is 120 Å². The van der Waals surface area contributed by atoms with E-state index in [1.54, 1.807) is 17.1 Å². The third kappa shape index (κ3) is 3.97. The van der Waals surface area contributed by atoms with E-state index in [0.29, 0.717) is 18.8 Å². The molecule has 114 valence electrons. The molecule has 0 aliphatic heterocycles. The second kappa shape index (κ2) is 6.61. The van der Waals surface area contributed by atoms with Gasteiger partial charge in [-0.05, 0) is 30.7 Å². The molecule has 0 saturated carbocycles. The first kappa shape index (κ1) is 15.4. The van der Waals surface area contributed by atoms with Crippen LogP contribution in [0.25, 0.3) is 0 Å². The van der Waals surface area contributed by atoms with Gasteiger partial charge in [-0.2, -0.15) is 8.78 Å². The number of aryl methyl sites for hydroxylation is 1. The van der Waals surface area contributed by atoms with Crippen LogP contribution in [0.1, 0.15) is 6.42 Å². The van der Waals surface area contributed by atoms with Crippen molar-refractivity contribution in [3.63, 3.8) is 0 Å². The van der Waals surface area contributed by atoms with E-state index in [9.17, 15) is 17.2 Å². The average Bonchev–Trinajstić information content (AvgIpc) is 2.97. The van der Waals surface area contributed by atoms with Gasteiger partial charge in [-0.1, -0.05) is 5.21 Å². The summed E-state index contributed by atoms with van der Waals surface area (Å²) in [7, 11) is -4.53. The quantitative estimate of drug-likeness (QED) is 0.788. The SMILES string of the molecule is O=S(=O)(c1ccc(NCCCn2ccnn2)cc1)C(F)F. The van der Waals surface area contributed by atoms with Gasteiger partial charge in [-0.15, -0.1) is 5.10 Å². The highest BCUT2D eigenvalue weighted by Gasteiger charge is 2.26. The number of halogens is 2. The van der Waals surface area contributed by atoms with Crippen molar-refractivity contribution < 1.29 is 17.2 Å². The highest BCUT2D eigenvalue weighted by Crippen LogP contribution is 2.20. The maximum atomic E-state index is 12.4. The molecule has 1 aromatic carbocycles. The number of aromatic nitrogens is 3. The summed E-state index contributed by atoms with van der Waals surface area (Å²) in [6, 6.07) is 5.26. The van der Waals surface area contributed by atoms with Gasteiger partial charge in [0.15, 0.2) is 0 Å². The van der Waals surface area contributed by atoms with E-state index in [0.717, 1.165) is 6.42 Å². The molecule has 0 bridgehead atoms. The van der Waals surface area contributed by atoms with Gasteiger partial charge in [0, 0.05) is 25.0 Å². The lowest BCUT2D eigenvalue weighted by Gasteiger charge is -2.08. The van der Waals surface area contributed by atoms with E-state index in [2.05, 4.69) is 15.6 Å². The van der Waals surface area contributed by atoms with Gasteiger partial charge in [0.25, 0.3) is 0 Å². The summed E-state index contributed by atoms with van der Waals surface area (Å²) >= 11 is 0. The molecule has 1 aromatic heterocycles. The minimum atomic E-state index is -4.53. The average molecular weight is 316 g/mol. The fourth-order valence-corrected chi connectivity index (χ4v) is 2.41. The first-order chi connectivity index (χ1) is 10.00. The monoisotopic (exact) mass is 316 g/mol. The zero-order valence-corrected chi connectivity index (χ0v) is 11.8. The third-order valence-corrected chi connectivity index (χ3v) is 4.18. The van der Waals surface area contributed by atoms with Crippen molar-refractivity contribution in [3.05, 3.63) is 36.7 Å². The molecule has 1 heterocycles. The van der Waals surface area contributed by atoms with Gasteiger partial charge >= 0.3 is 5.76 Å². The lowest BCUT2D eigenvalue weighted by atomic mass is 10.3. The van der Waals surface area contributed by atoms with Crippen LogP contribution in [0.5, 0.6) is 0 Å². The van der Waals surface area contributed by atoms with Crippen LogP contribution >= 0.6 is 0 Å². The Balaban J connectivity index is 1.85. The van der Waals surface area contributed by atoms with E-state index in [1.165, 1.54) is 24.3 Å². The molecule has 1 N–H and O–H groups in total. The summed E-state index contributed by atoms with van der Waals surface area (Å²) in [5.41, 5.74) is 0.668. The predicted molar refractivity (Wildman–Crippen MR) is 72.8 cm³/mol. The van der Waals surface area contributed by atoms with Crippen LogP contribution in [0.3, 0.4) is 0 Å². The van der Waals surface area contributed by atoms with Gasteiger partial charge < -0.3 is 5.32 Å². The van der Waals surface area contributed by atoms with Crippen molar-refractivity contribution in [2.75, 3.05) is 11.9 Å². The molecule has 0 amide bonds. The standard InChI is InChI=1S/C12H14F2N4O2S/c13-12(14)21(19,20)11-4-2-10(3-5-11)15-6-1-8-18-9-7-16-17-18/h2-5,7,9,12,15H,1,6,8H2. The van der Waals surface area contributed by atoms with Crippen molar-refractivity contribution in [2.24, 2.45) is 0 Å². The van der Waals surface area contributed by atoms with Crippen LogP contribution in [0.15, 0.2) is 41.6 Å². The van der Waals surface area contributed by atoms with E-state index < -0.39 is 15.6 Å². The number of alkyl halides is 2. The number of benzene rings is 1. The molecule has 0 aliphatic rings. The molecule has 9 heteroatoms. The Morgan fingerprint density at radius 1 is 1.24 bits per heavy atom. The summed E-state index contributed by atoms with van der Waals surface area (Å²) < 4.78 is 48.9. The summed E-state index contributed by atoms with van der Waals surface area (Å²) in [5, 5.41) is 10.6. The number of hydrogen-bond donors (Lipinski definition) is 1. The van der Waals surface area contributed by atoms with Crippen LogP contribution in [0.2, 0.25) is 0 Å². The Bertz CT molecular complexity index is 657. The highest BCUT2D eigenvalue weighted by atomic mass is 32.2. The summed E-state index contributed by atoms with van der Waals surface area (Å²) in [6.07, 6.45) is 4.14. The van der Waals surface area contributed by atoms with E-state index >= 15 is 0 Å². The van der Waals surface area contributed by atoms with Crippen LogP contribution in [-0.4, -0.2) is 35.7 Å². The molecule has 0 atom stereocenters.